The lowest BCUT2D eigenvalue weighted by Crippen LogP contribution is -2.32. The maximum atomic E-state index is 13.0. The van der Waals surface area contributed by atoms with Crippen molar-refractivity contribution >= 4 is 35.4 Å². The number of amides is 1. The SMILES string of the molecule is CC(C)(C)OC(=O)NCC=Cc1c(Cl)cc(F)cc1Cl. The Labute approximate surface area is 127 Å². The number of hydrogen-bond acceptors (Lipinski definition) is 2. The van der Waals surface area contributed by atoms with Crippen LogP contribution in [0.15, 0.2) is 18.2 Å². The van der Waals surface area contributed by atoms with Gasteiger partial charge in [0.2, 0.25) is 0 Å². The summed E-state index contributed by atoms with van der Waals surface area (Å²) in [5, 5.41) is 2.97. The van der Waals surface area contributed by atoms with E-state index in [4.69, 9.17) is 27.9 Å². The van der Waals surface area contributed by atoms with Gasteiger partial charge in [-0.15, -0.1) is 0 Å². The predicted octanol–water partition coefficient (Wildman–Crippen LogP) is 4.67. The Hall–Kier alpha value is -1.26. The topological polar surface area (TPSA) is 38.3 Å². The molecular weight excluding hydrogens is 304 g/mol. The van der Waals surface area contributed by atoms with Gasteiger partial charge < -0.3 is 10.1 Å². The first-order valence-electron chi connectivity index (χ1n) is 5.97. The molecule has 1 N–H and O–H groups in total. The molecule has 0 spiro atoms. The fraction of sp³-hybridized carbons (Fsp3) is 0.357. The molecule has 0 aliphatic rings. The second kappa shape index (κ2) is 6.95. The van der Waals surface area contributed by atoms with Crippen LogP contribution in [0, 0.1) is 5.82 Å². The van der Waals surface area contributed by atoms with Crippen LogP contribution in [0.2, 0.25) is 10.0 Å². The average Bonchev–Trinajstić information content (AvgIpc) is 2.23. The van der Waals surface area contributed by atoms with Gasteiger partial charge in [-0.3, -0.25) is 0 Å². The number of benzene rings is 1. The highest BCUT2D eigenvalue weighted by molar-refractivity contribution is 6.37. The van der Waals surface area contributed by atoms with Crippen molar-refractivity contribution in [1.29, 1.82) is 0 Å². The predicted molar refractivity (Wildman–Crippen MR) is 79.7 cm³/mol. The van der Waals surface area contributed by atoms with Gasteiger partial charge >= 0.3 is 6.09 Å². The normalized spacial score (nSPS) is 11.7. The molecule has 0 unspecified atom stereocenters. The molecule has 6 heteroatoms. The van der Waals surface area contributed by atoms with E-state index in [0.717, 1.165) is 0 Å². The van der Waals surface area contributed by atoms with E-state index in [2.05, 4.69) is 5.32 Å². The van der Waals surface area contributed by atoms with Gasteiger partial charge in [-0.2, -0.15) is 0 Å². The van der Waals surface area contributed by atoms with Crippen LogP contribution in [0.25, 0.3) is 6.08 Å². The van der Waals surface area contributed by atoms with Crippen molar-refractivity contribution in [1.82, 2.24) is 5.32 Å². The van der Waals surface area contributed by atoms with Crippen LogP contribution in [-0.2, 0) is 4.74 Å². The quantitative estimate of drug-likeness (QED) is 0.879. The van der Waals surface area contributed by atoms with E-state index in [1.807, 2.05) is 0 Å². The molecule has 0 bridgehead atoms. The van der Waals surface area contributed by atoms with Gasteiger partial charge in [0, 0.05) is 12.1 Å². The van der Waals surface area contributed by atoms with Gasteiger partial charge in [0.05, 0.1) is 10.0 Å². The minimum absolute atomic E-state index is 0.212. The lowest BCUT2D eigenvalue weighted by atomic mass is 10.2. The molecule has 0 saturated carbocycles. The van der Waals surface area contributed by atoms with Gasteiger partial charge in [-0.05, 0) is 32.9 Å². The van der Waals surface area contributed by atoms with E-state index < -0.39 is 17.5 Å². The number of rotatable bonds is 3. The maximum Gasteiger partial charge on any atom is 0.407 e. The van der Waals surface area contributed by atoms with Crippen molar-refractivity contribution in [3.05, 3.63) is 39.6 Å². The monoisotopic (exact) mass is 319 g/mol. The van der Waals surface area contributed by atoms with Crippen LogP contribution in [0.3, 0.4) is 0 Å². The summed E-state index contributed by atoms with van der Waals surface area (Å²) < 4.78 is 18.1. The molecule has 1 amide bonds. The van der Waals surface area contributed by atoms with Gasteiger partial charge in [0.25, 0.3) is 0 Å². The number of hydrogen-bond donors (Lipinski definition) is 1. The van der Waals surface area contributed by atoms with Crippen molar-refractivity contribution in [3.63, 3.8) is 0 Å². The van der Waals surface area contributed by atoms with Gasteiger partial charge in [0.1, 0.15) is 11.4 Å². The number of carbonyl (C=O) groups is 1. The average molecular weight is 320 g/mol. The van der Waals surface area contributed by atoms with Crippen molar-refractivity contribution < 1.29 is 13.9 Å². The van der Waals surface area contributed by atoms with Gasteiger partial charge in [0.15, 0.2) is 0 Å². The third-order valence-corrected chi connectivity index (χ3v) is 2.72. The second-order valence-corrected chi connectivity index (χ2v) is 5.88. The van der Waals surface area contributed by atoms with E-state index in [-0.39, 0.29) is 16.6 Å². The van der Waals surface area contributed by atoms with Crippen LogP contribution in [-0.4, -0.2) is 18.2 Å². The molecule has 0 heterocycles. The Morgan fingerprint density at radius 1 is 1.35 bits per heavy atom. The second-order valence-electron chi connectivity index (χ2n) is 5.07. The van der Waals surface area contributed by atoms with E-state index in [0.29, 0.717) is 5.56 Å². The summed E-state index contributed by atoms with van der Waals surface area (Å²) in [6, 6.07) is 2.35. The van der Waals surface area contributed by atoms with Crippen molar-refractivity contribution in [2.24, 2.45) is 0 Å². The standard InChI is InChI=1S/C14H16Cl2FNO2/c1-14(2,3)20-13(19)18-6-4-5-10-11(15)7-9(17)8-12(10)16/h4-5,7-8H,6H2,1-3H3,(H,18,19). The zero-order chi connectivity index (χ0) is 15.3. The fourth-order valence-corrected chi connectivity index (χ4v) is 1.93. The zero-order valence-electron chi connectivity index (χ0n) is 11.5. The number of carbonyl (C=O) groups excluding carboxylic acids is 1. The van der Waals surface area contributed by atoms with Gasteiger partial charge in [-0.1, -0.05) is 35.4 Å². The Morgan fingerprint density at radius 2 is 1.90 bits per heavy atom. The first kappa shape index (κ1) is 16.8. The summed E-state index contributed by atoms with van der Waals surface area (Å²) in [4.78, 5) is 11.4. The minimum atomic E-state index is -0.544. The molecule has 1 aromatic carbocycles. The summed E-state index contributed by atoms with van der Waals surface area (Å²) in [7, 11) is 0. The number of nitrogens with one attached hydrogen (secondary N) is 1. The van der Waals surface area contributed by atoms with Crippen molar-refractivity contribution in [3.8, 4) is 0 Å². The molecule has 0 aromatic heterocycles. The molecule has 110 valence electrons. The van der Waals surface area contributed by atoms with Crippen LogP contribution in [0.4, 0.5) is 9.18 Å². The molecule has 20 heavy (non-hydrogen) atoms. The van der Waals surface area contributed by atoms with E-state index in [1.165, 1.54) is 12.1 Å². The lowest BCUT2D eigenvalue weighted by molar-refractivity contribution is 0.0534. The summed E-state index contributed by atoms with van der Waals surface area (Å²) in [5.74, 6) is -0.496. The molecule has 0 atom stereocenters. The molecule has 1 rings (SSSR count). The summed E-state index contributed by atoms with van der Waals surface area (Å²) >= 11 is 11.8. The Kier molecular flexibility index (Phi) is 5.84. The number of halogens is 3. The smallest absolute Gasteiger partial charge is 0.407 e. The molecule has 0 saturated heterocycles. The lowest BCUT2D eigenvalue weighted by Gasteiger charge is -2.19. The molecule has 0 fully saturated rings. The molecule has 0 aliphatic carbocycles. The summed E-state index contributed by atoms with van der Waals surface area (Å²) in [6.45, 7) is 5.58. The molecule has 1 aromatic rings. The first-order chi connectivity index (χ1) is 9.19. The Balaban J connectivity index is 2.56. The zero-order valence-corrected chi connectivity index (χ0v) is 13.0. The van der Waals surface area contributed by atoms with Crippen LogP contribution in [0.5, 0.6) is 0 Å². The first-order valence-corrected chi connectivity index (χ1v) is 6.72. The summed E-state index contributed by atoms with van der Waals surface area (Å²) in [6.07, 6.45) is 2.74. The fourth-order valence-electron chi connectivity index (χ4n) is 1.35. The minimum Gasteiger partial charge on any atom is -0.444 e. The van der Waals surface area contributed by atoms with Crippen molar-refractivity contribution in [2.45, 2.75) is 26.4 Å². The van der Waals surface area contributed by atoms with E-state index >= 15 is 0 Å². The highest BCUT2D eigenvalue weighted by Gasteiger charge is 2.15. The highest BCUT2D eigenvalue weighted by atomic mass is 35.5. The third-order valence-electron chi connectivity index (χ3n) is 2.09. The molecule has 0 radical (unpaired) electrons. The third kappa shape index (κ3) is 5.80. The highest BCUT2D eigenvalue weighted by Crippen LogP contribution is 2.27. The largest absolute Gasteiger partial charge is 0.444 e. The van der Waals surface area contributed by atoms with Gasteiger partial charge in [-0.25, -0.2) is 9.18 Å². The van der Waals surface area contributed by atoms with Crippen LogP contribution >= 0.6 is 23.2 Å². The van der Waals surface area contributed by atoms with E-state index in [1.54, 1.807) is 32.9 Å². The van der Waals surface area contributed by atoms with E-state index in [9.17, 15) is 9.18 Å². The molecule has 0 aliphatic heterocycles. The Morgan fingerprint density at radius 3 is 2.40 bits per heavy atom. The maximum absolute atomic E-state index is 13.0. The number of alkyl carbamates (subject to hydrolysis) is 1. The molecule has 3 nitrogen and oxygen atoms in total. The van der Waals surface area contributed by atoms with Crippen LogP contribution in [0.1, 0.15) is 26.3 Å². The Bertz CT molecular complexity index is 501. The summed E-state index contributed by atoms with van der Waals surface area (Å²) in [5.41, 5.74) is -0.0436. The molecular formula is C14H16Cl2FNO2. The number of ether oxygens (including phenoxy) is 1. The van der Waals surface area contributed by atoms with Crippen molar-refractivity contribution in [2.75, 3.05) is 6.54 Å². The van der Waals surface area contributed by atoms with Crippen LogP contribution < -0.4 is 5.32 Å².